The van der Waals surface area contributed by atoms with Gasteiger partial charge in [0, 0.05) is 32.0 Å². The lowest BCUT2D eigenvalue weighted by atomic mass is 9.81. The highest BCUT2D eigenvalue weighted by Crippen LogP contribution is 2.38. The maximum Gasteiger partial charge on any atom is 0.308 e. The Morgan fingerprint density at radius 1 is 1.10 bits per heavy atom. The first-order valence-corrected chi connectivity index (χ1v) is 10.4. The van der Waals surface area contributed by atoms with Gasteiger partial charge in [0.1, 0.15) is 0 Å². The highest BCUT2D eigenvalue weighted by molar-refractivity contribution is 6.05. The number of carbonyl (C=O) groups is 4. The first-order chi connectivity index (χ1) is 14.3. The lowest BCUT2D eigenvalue weighted by Crippen LogP contribution is -2.35. The number of anilines is 2. The normalized spacial score (nSPS) is 21.8. The Morgan fingerprint density at radius 3 is 2.20 bits per heavy atom. The molecule has 3 atom stereocenters. The van der Waals surface area contributed by atoms with E-state index in [1.165, 1.54) is 11.8 Å². The van der Waals surface area contributed by atoms with E-state index >= 15 is 0 Å². The third-order valence-electron chi connectivity index (χ3n) is 5.80. The molecule has 2 fully saturated rings. The number of hydrogen-bond acceptors (Lipinski definition) is 6. The van der Waals surface area contributed by atoms with Gasteiger partial charge in [0.05, 0.1) is 18.3 Å². The molecule has 8 heteroatoms. The van der Waals surface area contributed by atoms with E-state index in [9.17, 15) is 19.2 Å². The zero-order valence-electron chi connectivity index (χ0n) is 17.7. The van der Waals surface area contributed by atoms with Crippen molar-refractivity contribution in [1.82, 2.24) is 4.90 Å². The smallest absolute Gasteiger partial charge is 0.308 e. The molecule has 1 aromatic rings. The Morgan fingerprint density at radius 2 is 1.67 bits per heavy atom. The van der Waals surface area contributed by atoms with E-state index in [1.807, 2.05) is 31.1 Å². The summed E-state index contributed by atoms with van der Waals surface area (Å²) < 4.78 is 5.19. The Labute approximate surface area is 176 Å². The molecule has 1 heterocycles. The number of hydrogen-bond donors (Lipinski definition) is 1. The van der Waals surface area contributed by atoms with Crippen LogP contribution in [0.1, 0.15) is 39.0 Å². The molecule has 3 amide bonds. The van der Waals surface area contributed by atoms with Gasteiger partial charge in [-0.2, -0.15) is 0 Å². The fourth-order valence-corrected chi connectivity index (χ4v) is 4.05. The molecule has 1 N–H and O–H groups in total. The minimum Gasteiger partial charge on any atom is -0.452 e. The molecule has 8 nitrogen and oxygen atoms in total. The summed E-state index contributed by atoms with van der Waals surface area (Å²) in [6.07, 6.45) is 2.29. The van der Waals surface area contributed by atoms with Gasteiger partial charge < -0.3 is 15.0 Å². The van der Waals surface area contributed by atoms with Crippen LogP contribution >= 0.6 is 0 Å². The average Bonchev–Trinajstić information content (AvgIpc) is 2.97. The fourth-order valence-electron chi connectivity index (χ4n) is 4.05. The molecule has 0 aromatic heterocycles. The van der Waals surface area contributed by atoms with Crippen LogP contribution in [0.3, 0.4) is 0 Å². The zero-order chi connectivity index (χ0) is 21.8. The van der Waals surface area contributed by atoms with Crippen LogP contribution in [0.4, 0.5) is 11.4 Å². The van der Waals surface area contributed by atoms with Crippen molar-refractivity contribution < 1.29 is 23.9 Å². The van der Waals surface area contributed by atoms with Gasteiger partial charge in [-0.25, -0.2) is 0 Å². The zero-order valence-corrected chi connectivity index (χ0v) is 17.7. The van der Waals surface area contributed by atoms with Crippen molar-refractivity contribution in [2.24, 2.45) is 11.8 Å². The number of ether oxygens (including phenoxy) is 1. The van der Waals surface area contributed by atoms with Gasteiger partial charge in [-0.05, 0) is 44.0 Å². The average molecular weight is 415 g/mol. The summed E-state index contributed by atoms with van der Waals surface area (Å²) in [5.41, 5.74) is 1.60. The third-order valence-corrected chi connectivity index (χ3v) is 5.80. The lowest BCUT2D eigenvalue weighted by Gasteiger charge is -2.19. The number of rotatable bonds is 7. The van der Waals surface area contributed by atoms with Gasteiger partial charge in [-0.3, -0.25) is 24.1 Å². The van der Waals surface area contributed by atoms with E-state index in [-0.39, 0.29) is 36.6 Å². The van der Waals surface area contributed by atoms with E-state index in [1.54, 1.807) is 12.1 Å². The summed E-state index contributed by atoms with van der Waals surface area (Å²) in [6, 6.07) is 7.28. The SMILES string of the molecule is CC(OC(=O)CCN1C(=O)C2CCCCC2C1=O)C(=O)Nc1ccc(N(C)C)cc1. The Balaban J connectivity index is 1.46. The Bertz CT molecular complexity index is 797. The van der Waals surface area contributed by atoms with E-state index in [4.69, 9.17) is 4.74 Å². The summed E-state index contributed by atoms with van der Waals surface area (Å²) >= 11 is 0. The molecular weight excluding hydrogens is 386 g/mol. The van der Waals surface area contributed by atoms with Crippen LogP contribution in [0.5, 0.6) is 0 Å². The largest absolute Gasteiger partial charge is 0.452 e. The van der Waals surface area contributed by atoms with Gasteiger partial charge in [0.2, 0.25) is 11.8 Å². The van der Waals surface area contributed by atoms with Crippen molar-refractivity contribution in [3.05, 3.63) is 24.3 Å². The van der Waals surface area contributed by atoms with Crippen LogP contribution in [0.15, 0.2) is 24.3 Å². The van der Waals surface area contributed by atoms with Crippen molar-refractivity contribution in [2.45, 2.75) is 45.1 Å². The highest BCUT2D eigenvalue weighted by Gasteiger charge is 2.47. The molecule has 1 aliphatic heterocycles. The van der Waals surface area contributed by atoms with Crippen molar-refractivity contribution in [3.63, 3.8) is 0 Å². The second-order valence-corrected chi connectivity index (χ2v) is 8.14. The van der Waals surface area contributed by atoms with Crippen LogP contribution in [0.25, 0.3) is 0 Å². The summed E-state index contributed by atoms with van der Waals surface area (Å²) in [4.78, 5) is 52.5. The molecule has 1 aromatic carbocycles. The van der Waals surface area contributed by atoms with E-state index in [0.29, 0.717) is 5.69 Å². The number of carbonyl (C=O) groups excluding carboxylic acids is 4. The number of likely N-dealkylation sites (tertiary alicyclic amines) is 1. The summed E-state index contributed by atoms with van der Waals surface area (Å²) in [7, 11) is 3.85. The topological polar surface area (TPSA) is 96.0 Å². The number of nitrogens with zero attached hydrogens (tertiary/aromatic N) is 2. The van der Waals surface area contributed by atoms with Crippen molar-refractivity contribution in [3.8, 4) is 0 Å². The minimum absolute atomic E-state index is 0.00381. The molecule has 1 aliphatic carbocycles. The second kappa shape index (κ2) is 9.28. The number of nitrogens with one attached hydrogen (secondary N) is 1. The van der Waals surface area contributed by atoms with Crippen molar-refractivity contribution >= 4 is 35.1 Å². The van der Waals surface area contributed by atoms with Gasteiger partial charge in [-0.1, -0.05) is 12.8 Å². The van der Waals surface area contributed by atoms with Gasteiger partial charge in [0.25, 0.3) is 5.91 Å². The Hall–Kier alpha value is -2.90. The standard InChI is InChI=1S/C22H29N3O5/c1-14(20(27)23-15-8-10-16(11-9-15)24(2)3)30-19(26)12-13-25-21(28)17-6-4-5-7-18(17)22(25)29/h8-11,14,17-18H,4-7,12-13H2,1-3H3,(H,23,27). The van der Waals surface area contributed by atoms with Crippen LogP contribution < -0.4 is 10.2 Å². The van der Waals surface area contributed by atoms with Crippen LogP contribution in [0, 0.1) is 11.8 Å². The van der Waals surface area contributed by atoms with Gasteiger partial charge in [-0.15, -0.1) is 0 Å². The molecule has 0 bridgehead atoms. The van der Waals surface area contributed by atoms with Crippen LogP contribution in [-0.4, -0.2) is 55.3 Å². The molecule has 3 unspecified atom stereocenters. The number of imide groups is 1. The third kappa shape index (κ3) is 4.80. The van der Waals surface area contributed by atoms with Crippen LogP contribution in [0.2, 0.25) is 0 Å². The fraction of sp³-hybridized carbons (Fsp3) is 0.545. The minimum atomic E-state index is -0.987. The predicted molar refractivity (Wildman–Crippen MR) is 112 cm³/mol. The summed E-state index contributed by atoms with van der Waals surface area (Å²) in [5.74, 6) is -1.87. The Kier molecular flexibility index (Phi) is 6.74. The molecule has 1 saturated heterocycles. The molecule has 30 heavy (non-hydrogen) atoms. The number of benzene rings is 1. The molecular formula is C22H29N3O5. The van der Waals surface area contributed by atoms with E-state index in [2.05, 4.69) is 5.32 Å². The van der Waals surface area contributed by atoms with Crippen molar-refractivity contribution in [2.75, 3.05) is 30.9 Å². The second-order valence-electron chi connectivity index (χ2n) is 8.14. The first-order valence-electron chi connectivity index (χ1n) is 10.4. The molecule has 1 saturated carbocycles. The lowest BCUT2D eigenvalue weighted by molar-refractivity contribution is -0.154. The van der Waals surface area contributed by atoms with Gasteiger partial charge in [0.15, 0.2) is 6.10 Å². The van der Waals surface area contributed by atoms with E-state index < -0.39 is 18.0 Å². The molecule has 0 radical (unpaired) electrons. The molecule has 0 spiro atoms. The molecule has 162 valence electrons. The number of amides is 3. The number of fused-ring (bicyclic) bond motifs is 1. The summed E-state index contributed by atoms with van der Waals surface area (Å²) in [5, 5.41) is 2.70. The summed E-state index contributed by atoms with van der Waals surface area (Å²) in [6.45, 7) is 1.49. The quantitative estimate of drug-likeness (QED) is 0.542. The maximum atomic E-state index is 12.4. The van der Waals surface area contributed by atoms with Crippen molar-refractivity contribution in [1.29, 1.82) is 0 Å². The predicted octanol–water partition coefficient (Wildman–Crippen LogP) is 2.19. The molecule has 3 rings (SSSR count). The van der Waals surface area contributed by atoms with Gasteiger partial charge >= 0.3 is 5.97 Å². The van der Waals surface area contributed by atoms with Crippen LogP contribution in [-0.2, 0) is 23.9 Å². The highest BCUT2D eigenvalue weighted by atomic mass is 16.5. The monoisotopic (exact) mass is 415 g/mol. The number of esters is 1. The first kappa shape index (κ1) is 21.8. The molecule has 2 aliphatic rings. The maximum absolute atomic E-state index is 12.4. The van der Waals surface area contributed by atoms with E-state index in [0.717, 1.165) is 31.4 Å².